The molecule has 21 heavy (non-hydrogen) atoms. The van der Waals surface area contributed by atoms with Crippen LogP contribution >= 0.6 is 0 Å². The maximum atomic E-state index is 12.3. The Bertz CT molecular complexity index is 539. The molecule has 0 amide bonds. The van der Waals surface area contributed by atoms with Crippen LogP contribution in [0.4, 0.5) is 32.0 Å². The van der Waals surface area contributed by atoms with E-state index in [1.54, 1.807) is 0 Å². The predicted molar refractivity (Wildman–Crippen MR) is 55.0 cm³/mol. The highest BCUT2D eigenvalue weighted by Crippen LogP contribution is 2.39. The number of benzene rings is 1. The molecule has 0 fully saturated rings. The van der Waals surface area contributed by atoms with Gasteiger partial charge in [0.25, 0.3) is 6.10 Å². The molecule has 0 bridgehead atoms. The Kier molecular flexibility index (Phi) is 4.44. The van der Waals surface area contributed by atoms with Gasteiger partial charge in [0.15, 0.2) is 5.75 Å². The minimum absolute atomic E-state index is 0.141. The zero-order valence-electron chi connectivity index (χ0n) is 9.73. The molecule has 0 aliphatic heterocycles. The molecule has 0 aliphatic carbocycles. The second kappa shape index (κ2) is 5.58. The first kappa shape index (κ1) is 16.7. The summed E-state index contributed by atoms with van der Waals surface area (Å²) in [5.41, 5.74) is -1.48. The van der Waals surface area contributed by atoms with Gasteiger partial charge in [-0.05, 0) is 12.1 Å². The van der Waals surface area contributed by atoms with E-state index >= 15 is 0 Å². The molecule has 0 radical (unpaired) electrons. The molecular weight excluding hydrogens is 312 g/mol. The summed E-state index contributed by atoms with van der Waals surface area (Å²) in [6.45, 7) is 0. The molecule has 0 heterocycles. The lowest BCUT2D eigenvalue weighted by Gasteiger charge is -2.23. The number of carbonyl (C=O) groups excluding carboxylic acids is 1. The lowest BCUT2D eigenvalue weighted by Crippen LogP contribution is -2.46. The molecule has 1 rings (SSSR count). The maximum absolute atomic E-state index is 12.3. The van der Waals surface area contributed by atoms with E-state index in [-0.39, 0.29) is 11.8 Å². The first-order valence-electron chi connectivity index (χ1n) is 5.00. The summed E-state index contributed by atoms with van der Waals surface area (Å²) >= 11 is 0. The van der Waals surface area contributed by atoms with Gasteiger partial charge < -0.3 is 4.74 Å². The van der Waals surface area contributed by atoms with E-state index in [4.69, 9.17) is 0 Å². The molecule has 0 aliphatic rings. The van der Waals surface area contributed by atoms with Crippen LogP contribution in [0.5, 0.6) is 5.75 Å². The van der Waals surface area contributed by atoms with Gasteiger partial charge in [-0.25, -0.2) is 0 Å². The van der Waals surface area contributed by atoms with E-state index in [0.717, 1.165) is 6.07 Å². The first-order chi connectivity index (χ1) is 9.46. The average Bonchev–Trinajstić information content (AvgIpc) is 2.32. The fourth-order valence-corrected chi connectivity index (χ4v) is 1.30. The van der Waals surface area contributed by atoms with Gasteiger partial charge in [0.1, 0.15) is 6.29 Å². The van der Waals surface area contributed by atoms with Crippen molar-refractivity contribution >= 4 is 12.0 Å². The minimum Gasteiger partial charge on any atom is -0.464 e. The van der Waals surface area contributed by atoms with Crippen molar-refractivity contribution in [3.63, 3.8) is 0 Å². The van der Waals surface area contributed by atoms with Gasteiger partial charge in [-0.1, -0.05) is 0 Å². The van der Waals surface area contributed by atoms with Crippen LogP contribution in [0.15, 0.2) is 18.2 Å². The van der Waals surface area contributed by atoms with E-state index in [1.165, 1.54) is 0 Å². The van der Waals surface area contributed by atoms with Gasteiger partial charge in [0, 0.05) is 11.6 Å². The number of ether oxygens (including phenoxy) is 1. The molecule has 0 aromatic heterocycles. The Labute approximate surface area is 112 Å². The van der Waals surface area contributed by atoms with Gasteiger partial charge in [-0.3, -0.25) is 14.9 Å². The minimum atomic E-state index is -5.81. The van der Waals surface area contributed by atoms with Crippen LogP contribution in [0.2, 0.25) is 0 Å². The summed E-state index contributed by atoms with van der Waals surface area (Å²) in [4.78, 5) is 19.8. The molecule has 1 aromatic carbocycles. The fraction of sp³-hybridized carbons (Fsp3) is 0.300. The van der Waals surface area contributed by atoms with Crippen molar-refractivity contribution in [3.8, 4) is 5.75 Å². The molecule has 0 atom stereocenters. The lowest BCUT2D eigenvalue weighted by molar-refractivity contribution is -0.387. The van der Waals surface area contributed by atoms with Crippen molar-refractivity contribution in [2.45, 2.75) is 18.5 Å². The van der Waals surface area contributed by atoms with E-state index in [0.29, 0.717) is 12.1 Å². The summed E-state index contributed by atoms with van der Waals surface area (Å²) in [7, 11) is 0. The van der Waals surface area contributed by atoms with Gasteiger partial charge in [0.05, 0.1) is 4.92 Å². The number of halogens is 6. The van der Waals surface area contributed by atoms with Crippen LogP contribution in [0, 0.1) is 10.1 Å². The average molecular weight is 317 g/mol. The Morgan fingerprint density at radius 3 is 2.05 bits per heavy atom. The highest BCUT2D eigenvalue weighted by molar-refractivity contribution is 5.77. The van der Waals surface area contributed by atoms with Crippen LogP contribution in [0.25, 0.3) is 0 Å². The number of nitro groups is 1. The third-order valence-electron chi connectivity index (χ3n) is 2.16. The van der Waals surface area contributed by atoms with Crippen LogP contribution in [-0.2, 0) is 0 Å². The number of carbonyl (C=O) groups is 1. The SMILES string of the molecule is O=Cc1ccc(OC(C(F)(F)F)C(F)(F)F)c([N+](=O)[O-])c1. The van der Waals surface area contributed by atoms with Gasteiger partial charge in [-0.2, -0.15) is 26.3 Å². The lowest BCUT2D eigenvalue weighted by atomic mass is 10.2. The Morgan fingerprint density at radius 1 is 1.14 bits per heavy atom. The Hall–Kier alpha value is -2.33. The standard InChI is InChI=1S/C10H5F6NO4/c11-9(12,13)8(10(14,15)16)21-7-2-1-5(4-18)3-6(7)17(19)20/h1-4,8H. The second-order valence-corrected chi connectivity index (χ2v) is 3.68. The van der Waals surface area contributed by atoms with Gasteiger partial charge >= 0.3 is 18.0 Å². The number of rotatable bonds is 4. The van der Waals surface area contributed by atoms with Crippen LogP contribution in [0.3, 0.4) is 0 Å². The van der Waals surface area contributed by atoms with E-state index in [1.807, 2.05) is 0 Å². The predicted octanol–water partition coefficient (Wildman–Crippen LogP) is 3.28. The topological polar surface area (TPSA) is 69.4 Å². The van der Waals surface area contributed by atoms with Crippen molar-refractivity contribution in [3.05, 3.63) is 33.9 Å². The molecule has 116 valence electrons. The summed E-state index contributed by atoms with van der Waals surface area (Å²) in [5.74, 6) is -1.25. The van der Waals surface area contributed by atoms with Gasteiger partial charge in [-0.15, -0.1) is 0 Å². The van der Waals surface area contributed by atoms with Crippen molar-refractivity contribution in [2.75, 3.05) is 0 Å². The zero-order valence-corrected chi connectivity index (χ0v) is 9.73. The first-order valence-corrected chi connectivity index (χ1v) is 5.00. The van der Waals surface area contributed by atoms with E-state index < -0.39 is 34.8 Å². The molecule has 11 heteroatoms. The molecule has 0 saturated carbocycles. The molecular formula is C10H5F6NO4. The number of aldehydes is 1. The number of nitrogens with zero attached hydrogens (tertiary/aromatic N) is 1. The Morgan fingerprint density at radius 2 is 1.67 bits per heavy atom. The number of hydrogen-bond donors (Lipinski definition) is 0. The molecule has 0 spiro atoms. The van der Waals surface area contributed by atoms with Crippen molar-refractivity contribution in [1.29, 1.82) is 0 Å². The van der Waals surface area contributed by atoms with Gasteiger partial charge in [0.2, 0.25) is 0 Å². The molecule has 1 aromatic rings. The largest absolute Gasteiger partial charge is 0.464 e. The molecule has 0 saturated heterocycles. The van der Waals surface area contributed by atoms with E-state index in [2.05, 4.69) is 4.74 Å². The molecule has 0 unspecified atom stereocenters. The smallest absolute Gasteiger partial charge is 0.434 e. The molecule has 0 N–H and O–H groups in total. The van der Waals surface area contributed by atoms with E-state index in [9.17, 15) is 41.3 Å². The highest BCUT2D eigenvalue weighted by Gasteiger charge is 2.59. The number of hydrogen-bond acceptors (Lipinski definition) is 4. The monoisotopic (exact) mass is 317 g/mol. The quantitative estimate of drug-likeness (QED) is 0.370. The number of nitro benzene ring substituents is 1. The van der Waals surface area contributed by atoms with Crippen molar-refractivity contribution < 1.29 is 40.8 Å². The van der Waals surface area contributed by atoms with Crippen molar-refractivity contribution in [2.24, 2.45) is 0 Å². The van der Waals surface area contributed by atoms with Crippen LogP contribution in [-0.4, -0.2) is 29.7 Å². The summed E-state index contributed by atoms with van der Waals surface area (Å²) < 4.78 is 77.6. The summed E-state index contributed by atoms with van der Waals surface area (Å²) in [6.07, 6.45) is -15.7. The molecule has 5 nitrogen and oxygen atoms in total. The fourth-order valence-electron chi connectivity index (χ4n) is 1.30. The third-order valence-corrected chi connectivity index (χ3v) is 2.16. The van der Waals surface area contributed by atoms with Crippen molar-refractivity contribution in [1.82, 2.24) is 0 Å². The van der Waals surface area contributed by atoms with Crippen LogP contribution in [0.1, 0.15) is 10.4 Å². The van der Waals surface area contributed by atoms with Crippen LogP contribution < -0.4 is 4.74 Å². The second-order valence-electron chi connectivity index (χ2n) is 3.68. The summed E-state index contributed by atoms with van der Waals surface area (Å²) in [6, 6.07) is 1.79. The number of alkyl halides is 6. The Balaban J connectivity index is 3.27. The zero-order chi connectivity index (χ0) is 16.4. The highest BCUT2D eigenvalue weighted by atomic mass is 19.4. The maximum Gasteiger partial charge on any atom is 0.434 e. The normalized spacial score (nSPS) is 12.3. The summed E-state index contributed by atoms with van der Waals surface area (Å²) in [5, 5.41) is 10.6. The third kappa shape index (κ3) is 4.07.